The standard InChI is InChI=1S/C22H32O3/c1-5-7-8-16(6-2)15-25-21(24)22(3,4)19-13-11-18(12-14-19)20(23)17-9-10-17/h11-14,16-17H,5-10,15H2,1-4H3. The fourth-order valence-corrected chi connectivity index (χ4v) is 3.02. The first-order chi connectivity index (χ1) is 11.9. The van der Waals surface area contributed by atoms with Crippen LogP contribution < -0.4 is 0 Å². The Hall–Kier alpha value is -1.64. The first-order valence-electron chi connectivity index (χ1n) is 9.72. The molecule has 0 spiro atoms. The van der Waals surface area contributed by atoms with Gasteiger partial charge in [0.05, 0.1) is 12.0 Å². The van der Waals surface area contributed by atoms with Crippen molar-refractivity contribution in [2.75, 3.05) is 6.61 Å². The van der Waals surface area contributed by atoms with E-state index in [0.717, 1.165) is 36.8 Å². The summed E-state index contributed by atoms with van der Waals surface area (Å²) in [6, 6.07) is 7.48. The molecule has 1 aromatic rings. The number of ketones is 1. The molecule has 138 valence electrons. The topological polar surface area (TPSA) is 43.4 Å². The smallest absolute Gasteiger partial charge is 0.315 e. The van der Waals surface area contributed by atoms with E-state index < -0.39 is 5.41 Å². The van der Waals surface area contributed by atoms with Gasteiger partial charge in [0.15, 0.2) is 5.78 Å². The summed E-state index contributed by atoms with van der Waals surface area (Å²) in [5.41, 5.74) is 0.942. The van der Waals surface area contributed by atoms with Gasteiger partial charge in [-0.25, -0.2) is 0 Å². The molecule has 0 saturated heterocycles. The van der Waals surface area contributed by atoms with Crippen molar-refractivity contribution in [1.82, 2.24) is 0 Å². The lowest BCUT2D eigenvalue weighted by molar-refractivity contribution is -0.150. The van der Waals surface area contributed by atoms with E-state index in [9.17, 15) is 9.59 Å². The monoisotopic (exact) mass is 344 g/mol. The molecular formula is C22H32O3. The molecule has 1 fully saturated rings. The molecule has 0 radical (unpaired) electrons. The number of ether oxygens (including phenoxy) is 1. The minimum Gasteiger partial charge on any atom is -0.465 e. The van der Waals surface area contributed by atoms with Crippen molar-refractivity contribution in [3.05, 3.63) is 35.4 Å². The molecule has 1 aliphatic carbocycles. The molecule has 3 nitrogen and oxygen atoms in total. The number of esters is 1. The first-order valence-corrected chi connectivity index (χ1v) is 9.72. The summed E-state index contributed by atoms with van der Waals surface area (Å²) in [4.78, 5) is 24.7. The molecule has 2 rings (SSSR count). The number of Topliss-reactive ketones (excluding diaryl/α,β-unsaturated/α-hetero) is 1. The summed E-state index contributed by atoms with van der Waals surface area (Å²) in [5, 5.41) is 0. The van der Waals surface area contributed by atoms with Crippen molar-refractivity contribution in [3.8, 4) is 0 Å². The molecule has 3 heteroatoms. The first kappa shape index (κ1) is 19.7. The third-order valence-electron chi connectivity index (χ3n) is 5.34. The lowest BCUT2D eigenvalue weighted by atomic mass is 9.84. The molecule has 0 bridgehead atoms. The fraction of sp³-hybridized carbons (Fsp3) is 0.636. The van der Waals surface area contributed by atoms with Crippen molar-refractivity contribution in [2.45, 2.75) is 71.6 Å². The summed E-state index contributed by atoms with van der Waals surface area (Å²) < 4.78 is 5.63. The molecule has 1 aliphatic rings. The number of hydrogen-bond acceptors (Lipinski definition) is 3. The lowest BCUT2D eigenvalue weighted by Crippen LogP contribution is -2.32. The highest BCUT2D eigenvalue weighted by Crippen LogP contribution is 2.33. The molecule has 1 saturated carbocycles. The van der Waals surface area contributed by atoms with Gasteiger partial charge in [-0.2, -0.15) is 0 Å². The van der Waals surface area contributed by atoms with Crippen LogP contribution in [0.5, 0.6) is 0 Å². The molecular weight excluding hydrogens is 312 g/mol. The molecule has 1 aromatic carbocycles. The van der Waals surface area contributed by atoms with Crippen molar-refractivity contribution < 1.29 is 14.3 Å². The number of carbonyl (C=O) groups excluding carboxylic acids is 2. The minimum absolute atomic E-state index is 0.191. The van der Waals surface area contributed by atoms with Crippen LogP contribution in [-0.4, -0.2) is 18.4 Å². The van der Waals surface area contributed by atoms with E-state index >= 15 is 0 Å². The van der Waals surface area contributed by atoms with E-state index in [0.29, 0.717) is 12.5 Å². The van der Waals surface area contributed by atoms with Crippen molar-refractivity contribution in [3.63, 3.8) is 0 Å². The molecule has 1 atom stereocenters. The zero-order valence-electron chi connectivity index (χ0n) is 16.1. The number of rotatable bonds is 10. The maximum Gasteiger partial charge on any atom is 0.315 e. The highest BCUT2D eigenvalue weighted by molar-refractivity contribution is 5.99. The van der Waals surface area contributed by atoms with Crippen molar-refractivity contribution in [2.24, 2.45) is 11.8 Å². The van der Waals surface area contributed by atoms with Gasteiger partial charge in [-0.3, -0.25) is 9.59 Å². The van der Waals surface area contributed by atoms with Crippen LogP contribution in [0.15, 0.2) is 24.3 Å². The van der Waals surface area contributed by atoms with E-state index in [2.05, 4.69) is 13.8 Å². The molecule has 0 N–H and O–H groups in total. The molecule has 0 aliphatic heterocycles. The van der Waals surface area contributed by atoms with Gasteiger partial charge < -0.3 is 4.74 Å². The normalized spacial score (nSPS) is 15.7. The molecule has 0 heterocycles. The predicted molar refractivity (Wildman–Crippen MR) is 101 cm³/mol. The molecule has 0 amide bonds. The van der Waals surface area contributed by atoms with Gasteiger partial charge in [-0.05, 0) is 44.6 Å². The largest absolute Gasteiger partial charge is 0.465 e. The summed E-state index contributed by atoms with van der Waals surface area (Å²) >= 11 is 0. The van der Waals surface area contributed by atoms with Gasteiger partial charge in [0.2, 0.25) is 0 Å². The van der Waals surface area contributed by atoms with E-state index in [1.165, 1.54) is 12.8 Å². The average Bonchev–Trinajstić information content (AvgIpc) is 3.46. The zero-order chi connectivity index (χ0) is 18.4. The molecule has 1 unspecified atom stereocenters. The predicted octanol–water partition coefficient (Wildman–Crippen LogP) is 5.32. The van der Waals surface area contributed by atoms with Gasteiger partial charge in [0.25, 0.3) is 0 Å². The van der Waals surface area contributed by atoms with E-state index in [-0.39, 0.29) is 17.7 Å². The number of carbonyl (C=O) groups is 2. The van der Waals surface area contributed by atoms with E-state index in [1.807, 2.05) is 38.1 Å². The third-order valence-corrected chi connectivity index (χ3v) is 5.34. The summed E-state index contributed by atoms with van der Waals surface area (Å²) in [5.74, 6) is 0.702. The summed E-state index contributed by atoms with van der Waals surface area (Å²) in [6.07, 6.45) is 6.51. The van der Waals surface area contributed by atoms with Gasteiger partial charge >= 0.3 is 5.97 Å². The van der Waals surface area contributed by atoms with E-state index in [4.69, 9.17) is 4.74 Å². The van der Waals surface area contributed by atoms with Gasteiger partial charge in [0, 0.05) is 11.5 Å². The fourth-order valence-electron chi connectivity index (χ4n) is 3.02. The van der Waals surface area contributed by atoms with Crippen LogP contribution in [0.4, 0.5) is 0 Å². The second-order valence-corrected chi connectivity index (χ2v) is 7.86. The Bertz CT molecular complexity index is 582. The molecule has 0 aromatic heterocycles. The van der Waals surface area contributed by atoms with Gasteiger partial charge in [0.1, 0.15) is 0 Å². The third kappa shape index (κ3) is 5.17. The lowest BCUT2D eigenvalue weighted by Gasteiger charge is -2.25. The van der Waals surface area contributed by atoms with Crippen LogP contribution in [0.2, 0.25) is 0 Å². The maximum absolute atomic E-state index is 12.6. The Morgan fingerprint density at radius 2 is 1.80 bits per heavy atom. The Labute approximate surface area is 152 Å². The average molecular weight is 344 g/mol. The maximum atomic E-state index is 12.6. The Kier molecular flexibility index (Phi) is 6.80. The van der Waals surface area contributed by atoms with Gasteiger partial charge in [-0.15, -0.1) is 0 Å². The Morgan fingerprint density at radius 3 is 2.32 bits per heavy atom. The number of benzene rings is 1. The van der Waals surface area contributed by atoms with Crippen LogP contribution in [0.25, 0.3) is 0 Å². The van der Waals surface area contributed by atoms with Crippen molar-refractivity contribution in [1.29, 1.82) is 0 Å². The van der Waals surface area contributed by atoms with E-state index in [1.54, 1.807) is 0 Å². The second-order valence-electron chi connectivity index (χ2n) is 7.86. The van der Waals surface area contributed by atoms with Crippen LogP contribution in [0.1, 0.15) is 82.1 Å². The zero-order valence-corrected chi connectivity index (χ0v) is 16.1. The molecule has 25 heavy (non-hydrogen) atoms. The minimum atomic E-state index is -0.704. The van der Waals surface area contributed by atoms with Crippen LogP contribution >= 0.6 is 0 Å². The Morgan fingerprint density at radius 1 is 1.16 bits per heavy atom. The van der Waals surface area contributed by atoms with Crippen molar-refractivity contribution >= 4 is 11.8 Å². The highest BCUT2D eigenvalue weighted by Gasteiger charge is 2.33. The van der Waals surface area contributed by atoms with Crippen LogP contribution in [0.3, 0.4) is 0 Å². The summed E-state index contributed by atoms with van der Waals surface area (Å²) in [7, 11) is 0. The Balaban J connectivity index is 1.96. The quantitative estimate of drug-likeness (QED) is 0.426. The van der Waals surface area contributed by atoms with Crippen LogP contribution in [0, 0.1) is 11.8 Å². The SMILES string of the molecule is CCCCC(CC)COC(=O)C(C)(C)c1ccc(C(=O)C2CC2)cc1. The highest BCUT2D eigenvalue weighted by atomic mass is 16.5. The van der Waals surface area contributed by atoms with Gasteiger partial charge in [-0.1, -0.05) is 57.4 Å². The number of unbranched alkanes of at least 4 members (excludes halogenated alkanes) is 1. The second kappa shape index (κ2) is 8.64. The summed E-state index contributed by atoms with van der Waals surface area (Å²) in [6.45, 7) is 8.60. The van der Waals surface area contributed by atoms with Crippen LogP contribution in [-0.2, 0) is 14.9 Å². The number of hydrogen-bond donors (Lipinski definition) is 0.